The number of aliphatic hydroxyl groups is 1. The van der Waals surface area contributed by atoms with Crippen molar-refractivity contribution >= 4 is 10.0 Å². The normalized spacial score (nSPS) is 12.9. The highest BCUT2D eigenvalue weighted by molar-refractivity contribution is 7.89. The van der Waals surface area contributed by atoms with Crippen LogP contribution >= 0.6 is 0 Å². The number of nitrogens with zero attached hydrogens (tertiary/aromatic N) is 1. The second-order valence-electron chi connectivity index (χ2n) is 5.79. The number of hydrogen-bond acceptors (Lipinski definition) is 4. The van der Waals surface area contributed by atoms with Gasteiger partial charge in [0.1, 0.15) is 0 Å². The Kier molecular flexibility index (Phi) is 5.32. The average molecular weight is 300 g/mol. The summed E-state index contributed by atoms with van der Waals surface area (Å²) in [7, 11) is 0.239. The Morgan fingerprint density at radius 3 is 2.40 bits per heavy atom. The van der Waals surface area contributed by atoms with E-state index in [-0.39, 0.29) is 17.0 Å². The molecule has 6 heteroatoms. The zero-order valence-corrected chi connectivity index (χ0v) is 13.6. The molecule has 0 bridgehead atoms. The van der Waals surface area contributed by atoms with Gasteiger partial charge in [0.2, 0.25) is 10.0 Å². The van der Waals surface area contributed by atoms with Crippen molar-refractivity contribution in [2.75, 3.05) is 20.6 Å². The summed E-state index contributed by atoms with van der Waals surface area (Å²) in [5.74, 6) is 0. The van der Waals surface area contributed by atoms with Gasteiger partial charge in [-0.05, 0) is 52.1 Å². The molecule has 1 aromatic carbocycles. The summed E-state index contributed by atoms with van der Waals surface area (Å²) in [6, 6.07) is 4.94. The summed E-state index contributed by atoms with van der Waals surface area (Å²) >= 11 is 0. The molecule has 0 amide bonds. The lowest BCUT2D eigenvalue weighted by molar-refractivity contribution is 0.199. The summed E-state index contributed by atoms with van der Waals surface area (Å²) in [5.41, 5.74) is 0.968. The van der Waals surface area contributed by atoms with Crippen molar-refractivity contribution in [1.82, 2.24) is 9.62 Å². The summed E-state index contributed by atoms with van der Waals surface area (Å²) in [6.07, 6.45) is 0. The number of nitrogens with one attached hydrogen (secondary N) is 1. The molecule has 1 rings (SSSR count). The standard InChI is InChI=1S/C14H24N2O3S/c1-11-6-7-12(9-17)8-13(11)20(18,19)15-10-14(2,3)16(4)5/h6-8,15,17H,9-10H2,1-5H3. The third kappa shape index (κ3) is 4.02. The van der Waals surface area contributed by atoms with E-state index in [0.29, 0.717) is 17.7 Å². The van der Waals surface area contributed by atoms with Gasteiger partial charge in [0, 0.05) is 12.1 Å². The molecule has 0 spiro atoms. The van der Waals surface area contributed by atoms with E-state index in [1.165, 1.54) is 6.07 Å². The Morgan fingerprint density at radius 1 is 1.30 bits per heavy atom. The molecule has 2 N–H and O–H groups in total. The van der Waals surface area contributed by atoms with E-state index < -0.39 is 10.0 Å². The molecule has 0 saturated carbocycles. The molecular formula is C14H24N2O3S. The minimum Gasteiger partial charge on any atom is -0.392 e. The van der Waals surface area contributed by atoms with Crippen LogP contribution < -0.4 is 4.72 Å². The van der Waals surface area contributed by atoms with E-state index >= 15 is 0 Å². The van der Waals surface area contributed by atoms with Crippen LogP contribution in [0, 0.1) is 6.92 Å². The van der Waals surface area contributed by atoms with Gasteiger partial charge < -0.3 is 10.0 Å². The molecule has 1 aromatic rings. The molecule has 5 nitrogen and oxygen atoms in total. The summed E-state index contributed by atoms with van der Waals surface area (Å²) < 4.78 is 27.4. The van der Waals surface area contributed by atoms with Gasteiger partial charge in [0.15, 0.2) is 0 Å². The second kappa shape index (κ2) is 6.22. The van der Waals surface area contributed by atoms with Gasteiger partial charge in [-0.3, -0.25) is 0 Å². The molecule has 0 fully saturated rings. The Balaban J connectivity index is 3.00. The first-order valence-electron chi connectivity index (χ1n) is 6.47. The summed E-state index contributed by atoms with van der Waals surface area (Å²) in [4.78, 5) is 2.19. The third-order valence-electron chi connectivity index (χ3n) is 3.63. The summed E-state index contributed by atoms with van der Waals surface area (Å²) in [5, 5.41) is 9.13. The Morgan fingerprint density at radius 2 is 1.90 bits per heavy atom. The number of benzene rings is 1. The van der Waals surface area contributed by atoms with Gasteiger partial charge in [-0.2, -0.15) is 0 Å². The molecular weight excluding hydrogens is 276 g/mol. The zero-order valence-electron chi connectivity index (χ0n) is 12.8. The number of hydrogen-bond donors (Lipinski definition) is 2. The van der Waals surface area contributed by atoms with Gasteiger partial charge >= 0.3 is 0 Å². The van der Waals surface area contributed by atoms with E-state index in [0.717, 1.165) is 0 Å². The van der Waals surface area contributed by atoms with Crippen LogP contribution in [0.2, 0.25) is 0 Å². The van der Waals surface area contributed by atoms with Crippen molar-refractivity contribution in [1.29, 1.82) is 0 Å². The van der Waals surface area contributed by atoms with Crippen LogP contribution in [0.25, 0.3) is 0 Å². The first-order valence-corrected chi connectivity index (χ1v) is 7.96. The van der Waals surface area contributed by atoms with Crippen molar-refractivity contribution in [3.63, 3.8) is 0 Å². The van der Waals surface area contributed by atoms with Crippen molar-refractivity contribution in [3.05, 3.63) is 29.3 Å². The number of aryl methyl sites for hydroxylation is 1. The highest BCUT2D eigenvalue weighted by Crippen LogP contribution is 2.18. The molecule has 0 aliphatic carbocycles. The second-order valence-corrected chi connectivity index (χ2v) is 7.52. The predicted molar refractivity (Wildman–Crippen MR) is 80.1 cm³/mol. The van der Waals surface area contributed by atoms with Gasteiger partial charge in [0.25, 0.3) is 0 Å². The molecule has 0 aliphatic heterocycles. The molecule has 0 atom stereocenters. The topological polar surface area (TPSA) is 69.6 Å². The highest BCUT2D eigenvalue weighted by atomic mass is 32.2. The van der Waals surface area contributed by atoms with Crippen LogP contribution in [0.4, 0.5) is 0 Å². The van der Waals surface area contributed by atoms with E-state index in [1.54, 1.807) is 19.1 Å². The van der Waals surface area contributed by atoms with Gasteiger partial charge in [-0.25, -0.2) is 13.1 Å². The van der Waals surface area contributed by atoms with E-state index in [4.69, 9.17) is 5.11 Å². The third-order valence-corrected chi connectivity index (χ3v) is 5.17. The number of sulfonamides is 1. The minimum atomic E-state index is -3.58. The Hall–Kier alpha value is -0.950. The molecule has 0 unspecified atom stereocenters. The number of likely N-dealkylation sites (N-methyl/N-ethyl adjacent to an activating group) is 1. The lowest BCUT2D eigenvalue weighted by Gasteiger charge is -2.32. The van der Waals surface area contributed by atoms with Crippen LogP contribution in [-0.4, -0.2) is 44.6 Å². The molecule has 0 saturated heterocycles. The SMILES string of the molecule is Cc1ccc(CO)cc1S(=O)(=O)NCC(C)(C)N(C)C. The molecule has 114 valence electrons. The lowest BCUT2D eigenvalue weighted by Crippen LogP contribution is -2.48. The van der Waals surface area contributed by atoms with E-state index in [1.807, 2.05) is 32.8 Å². The van der Waals surface area contributed by atoms with Crippen molar-refractivity contribution in [2.45, 2.75) is 37.8 Å². The van der Waals surface area contributed by atoms with Crippen LogP contribution in [-0.2, 0) is 16.6 Å². The number of rotatable bonds is 6. The highest BCUT2D eigenvalue weighted by Gasteiger charge is 2.25. The zero-order chi connectivity index (χ0) is 15.6. The van der Waals surface area contributed by atoms with E-state index in [9.17, 15) is 8.42 Å². The first kappa shape index (κ1) is 17.1. The molecule has 20 heavy (non-hydrogen) atoms. The quantitative estimate of drug-likeness (QED) is 0.825. The average Bonchev–Trinajstić information content (AvgIpc) is 2.37. The maximum atomic E-state index is 12.4. The van der Waals surface area contributed by atoms with Crippen LogP contribution in [0.3, 0.4) is 0 Å². The van der Waals surface area contributed by atoms with Crippen LogP contribution in [0.5, 0.6) is 0 Å². The maximum Gasteiger partial charge on any atom is 0.240 e. The largest absolute Gasteiger partial charge is 0.392 e. The number of aliphatic hydroxyl groups excluding tert-OH is 1. The molecule has 0 aromatic heterocycles. The van der Waals surface area contributed by atoms with Gasteiger partial charge in [0.05, 0.1) is 11.5 Å². The fourth-order valence-electron chi connectivity index (χ4n) is 1.54. The molecule has 0 radical (unpaired) electrons. The Bertz CT molecular complexity index is 566. The van der Waals surface area contributed by atoms with E-state index in [2.05, 4.69) is 4.72 Å². The Labute approximate surface area is 121 Å². The molecule has 0 heterocycles. The fourth-order valence-corrected chi connectivity index (χ4v) is 3.04. The van der Waals surface area contributed by atoms with Crippen molar-refractivity contribution in [3.8, 4) is 0 Å². The van der Waals surface area contributed by atoms with Crippen molar-refractivity contribution in [2.24, 2.45) is 0 Å². The van der Waals surface area contributed by atoms with Crippen molar-refractivity contribution < 1.29 is 13.5 Å². The van der Waals surface area contributed by atoms with Gasteiger partial charge in [-0.1, -0.05) is 12.1 Å². The fraction of sp³-hybridized carbons (Fsp3) is 0.571. The molecule has 0 aliphatic rings. The lowest BCUT2D eigenvalue weighted by atomic mass is 10.1. The summed E-state index contributed by atoms with van der Waals surface area (Å²) in [6.45, 7) is 5.81. The predicted octanol–water partition coefficient (Wildman–Crippen LogP) is 1.11. The smallest absolute Gasteiger partial charge is 0.240 e. The van der Waals surface area contributed by atoms with Gasteiger partial charge in [-0.15, -0.1) is 0 Å². The first-order chi connectivity index (χ1) is 9.10. The maximum absolute atomic E-state index is 12.4. The minimum absolute atomic E-state index is 0.175. The van der Waals surface area contributed by atoms with Crippen LogP contribution in [0.1, 0.15) is 25.0 Å². The monoisotopic (exact) mass is 300 g/mol. The van der Waals surface area contributed by atoms with Crippen LogP contribution in [0.15, 0.2) is 23.1 Å².